The second-order valence-corrected chi connectivity index (χ2v) is 8.20. The number of carbonyl (C=O) groups excluding carboxylic acids is 1. The molecule has 6 heteroatoms. The van der Waals surface area contributed by atoms with Gasteiger partial charge in [-0.1, -0.05) is 60.7 Å². The van der Waals surface area contributed by atoms with E-state index >= 15 is 0 Å². The fourth-order valence-electron chi connectivity index (χ4n) is 3.73. The lowest BCUT2D eigenvalue weighted by molar-refractivity contribution is -0.200. The van der Waals surface area contributed by atoms with Gasteiger partial charge in [0.05, 0.1) is 25.4 Å². The molecule has 6 nitrogen and oxygen atoms in total. The van der Waals surface area contributed by atoms with E-state index in [1.165, 1.54) is 0 Å². The zero-order chi connectivity index (χ0) is 21.6. The van der Waals surface area contributed by atoms with Gasteiger partial charge in [0, 0.05) is 18.9 Å². The molecule has 1 aliphatic carbocycles. The van der Waals surface area contributed by atoms with Crippen molar-refractivity contribution in [2.45, 2.75) is 69.9 Å². The third-order valence-electron chi connectivity index (χ3n) is 5.34. The third-order valence-corrected chi connectivity index (χ3v) is 5.34. The molecule has 0 heterocycles. The average molecular weight is 414 g/mol. The molecule has 3 N–H and O–H groups in total. The molecule has 3 rings (SSSR count). The van der Waals surface area contributed by atoms with Crippen LogP contribution in [0, 0.1) is 0 Å². The summed E-state index contributed by atoms with van der Waals surface area (Å²) in [5.74, 6) is -0.298. The lowest BCUT2D eigenvalue weighted by atomic mass is 9.78. The topological polar surface area (TPSA) is 88.0 Å². The van der Waals surface area contributed by atoms with Crippen molar-refractivity contribution in [2.24, 2.45) is 0 Å². The molecular weight excluding hydrogens is 382 g/mol. The summed E-state index contributed by atoms with van der Waals surface area (Å²) >= 11 is 0. The van der Waals surface area contributed by atoms with Crippen LogP contribution in [-0.4, -0.2) is 46.1 Å². The Balaban J connectivity index is 1.79. The molecule has 0 radical (unpaired) electrons. The Labute approximate surface area is 177 Å². The van der Waals surface area contributed by atoms with Gasteiger partial charge in [-0.25, -0.2) is 0 Å². The fourth-order valence-corrected chi connectivity index (χ4v) is 3.73. The number of amides is 1. The number of rotatable bonds is 8. The molecular formula is C24H31NO5. The van der Waals surface area contributed by atoms with Crippen molar-refractivity contribution in [3.8, 4) is 0 Å². The first-order chi connectivity index (χ1) is 14.4. The zero-order valence-electron chi connectivity index (χ0n) is 17.5. The van der Waals surface area contributed by atoms with Crippen molar-refractivity contribution in [1.29, 1.82) is 0 Å². The van der Waals surface area contributed by atoms with Crippen molar-refractivity contribution in [2.75, 3.05) is 0 Å². The Morgan fingerprint density at radius 3 is 2.13 bits per heavy atom. The minimum Gasteiger partial charge on any atom is -0.390 e. The summed E-state index contributed by atoms with van der Waals surface area (Å²) in [7, 11) is 0. The number of nitrogens with one attached hydrogen (secondary N) is 1. The van der Waals surface area contributed by atoms with Crippen molar-refractivity contribution >= 4 is 5.91 Å². The summed E-state index contributed by atoms with van der Waals surface area (Å²) in [5, 5.41) is 24.0. The molecule has 2 aromatic carbocycles. The second kappa shape index (κ2) is 10.2. The van der Waals surface area contributed by atoms with Gasteiger partial charge in [-0.05, 0) is 25.0 Å². The van der Waals surface area contributed by atoms with E-state index in [1.54, 1.807) is 0 Å². The van der Waals surface area contributed by atoms with Crippen LogP contribution < -0.4 is 5.32 Å². The Morgan fingerprint density at radius 1 is 1.00 bits per heavy atom. The largest absolute Gasteiger partial charge is 0.390 e. The lowest BCUT2D eigenvalue weighted by Gasteiger charge is -2.44. The molecule has 2 aromatic rings. The first-order valence-corrected chi connectivity index (χ1v) is 10.4. The fraction of sp³-hybridized carbons (Fsp3) is 0.458. The van der Waals surface area contributed by atoms with Crippen LogP contribution in [0.3, 0.4) is 0 Å². The quantitative estimate of drug-likeness (QED) is 0.619. The number of aliphatic hydroxyl groups excluding tert-OH is 2. The summed E-state index contributed by atoms with van der Waals surface area (Å²) in [6, 6.07) is 19.1. The molecule has 0 saturated heterocycles. The van der Waals surface area contributed by atoms with E-state index in [0.29, 0.717) is 0 Å². The number of hydrogen-bond acceptors (Lipinski definition) is 5. The molecule has 4 atom stereocenters. The van der Waals surface area contributed by atoms with E-state index in [-0.39, 0.29) is 38.0 Å². The van der Waals surface area contributed by atoms with E-state index in [1.807, 2.05) is 74.5 Å². The minimum atomic E-state index is -1.29. The van der Waals surface area contributed by atoms with E-state index in [4.69, 9.17) is 9.47 Å². The first kappa shape index (κ1) is 22.4. The maximum Gasteiger partial charge on any atom is 0.252 e. The van der Waals surface area contributed by atoms with Gasteiger partial charge in [0.15, 0.2) is 5.60 Å². The maximum atomic E-state index is 13.1. The van der Waals surface area contributed by atoms with Gasteiger partial charge in [-0.2, -0.15) is 0 Å². The van der Waals surface area contributed by atoms with Gasteiger partial charge in [0.25, 0.3) is 5.91 Å². The van der Waals surface area contributed by atoms with Gasteiger partial charge in [-0.15, -0.1) is 0 Å². The summed E-state index contributed by atoms with van der Waals surface area (Å²) in [6.45, 7) is 4.25. The first-order valence-electron chi connectivity index (χ1n) is 10.4. The molecule has 1 unspecified atom stereocenters. The number of ether oxygens (including phenoxy) is 2. The van der Waals surface area contributed by atoms with Gasteiger partial charge in [0.1, 0.15) is 6.10 Å². The SMILES string of the molecule is CC(C)NC(=O)[C@@]1(OCc2ccccc2)CC(OCc2ccccc2)[C@H](O)[C@H](O)C1. The highest BCUT2D eigenvalue weighted by Crippen LogP contribution is 2.35. The predicted molar refractivity (Wildman–Crippen MR) is 114 cm³/mol. The highest BCUT2D eigenvalue weighted by Gasteiger charge is 2.51. The molecule has 162 valence electrons. The smallest absolute Gasteiger partial charge is 0.252 e. The lowest BCUT2D eigenvalue weighted by Crippen LogP contribution is -2.61. The Bertz CT molecular complexity index is 798. The van der Waals surface area contributed by atoms with Gasteiger partial charge >= 0.3 is 0 Å². The van der Waals surface area contributed by atoms with Crippen molar-refractivity contribution in [1.82, 2.24) is 5.32 Å². The minimum absolute atomic E-state index is 0.00471. The van der Waals surface area contributed by atoms with Crippen LogP contribution in [0.15, 0.2) is 60.7 Å². The molecule has 0 aromatic heterocycles. The van der Waals surface area contributed by atoms with Crippen molar-refractivity contribution < 1.29 is 24.5 Å². The van der Waals surface area contributed by atoms with Crippen LogP contribution in [0.2, 0.25) is 0 Å². The van der Waals surface area contributed by atoms with E-state index in [2.05, 4.69) is 5.32 Å². The van der Waals surface area contributed by atoms with Crippen LogP contribution in [0.5, 0.6) is 0 Å². The standard InChI is InChI=1S/C24H31NO5/c1-17(2)25-23(28)24(30-16-19-11-7-4-8-12-19)13-20(26)22(27)21(14-24)29-15-18-9-5-3-6-10-18/h3-12,17,20-22,26-27H,13-16H2,1-2H3,(H,25,28)/t20-,21?,22-,24+/m1/s1. The number of hydrogen-bond donors (Lipinski definition) is 3. The predicted octanol–water partition coefficient (Wildman–Crippen LogP) is 2.57. The molecule has 0 aliphatic heterocycles. The summed E-state index contributed by atoms with van der Waals surface area (Å²) in [4.78, 5) is 13.1. The van der Waals surface area contributed by atoms with Crippen molar-refractivity contribution in [3.05, 3.63) is 71.8 Å². The Hall–Kier alpha value is -2.25. The average Bonchev–Trinajstić information content (AvgIpc) is 2.74. The molecule has 0 bridgehead atoms. The summed E-state index contributed by atoms with van der Waals surface area (Å²) < 4.78 is 12.1. The Kier molecular flexibility index (Phi) is 7.61. The van der Waals surface area contributed by atoms with Gasteiger partial charge < -0.3 is 25.0 Å². The van der Waals surface area contributed by atoms with Crippen molar-refractivity contribution in [3.63, 3.8) is 0 Å². The molecule has 1 aliphatic rings. The molecule has 1 fully saturated rings. The monoisotopic (exact) mass is 413 g/mol. The molecule has 1 amide bonds. The van der Waals surface area contributed by atoms with Crippen LogP contribution in [0.25, 0.3) is 0 Å². The van der Waals surface area contributed by atoms with Gasteiger partial charge in [0.2, 0.25) is 0 Å². The van der Waals surface area contributed by atoms with Crippen LogP contribution in [0.1, 0.15) is 37.8 Å². The number of aliphatic hydroxyl groups is 2. The maximum absolute atomic E-state index is 13.1. The van der Waals surface area contributed by atoms with Gasteiger partial charge in [-0.3, -0.25) is 4.79 Å². The second-order valence-electron chi connectivity index (χ2n) is 8.20. The molecule has 30 heavy (non-hydrogen) atoms. The van der Waals surface area contributed by atoms with Crippen LogP contribution in [-0.2, 0) is 27.5 Å². The summed E-state index contributed by atoms with van der Waals surface area (Å²) in [5.41, 5.74) is 0.587. The highest BCUT2D eigenvalue weighted by molar-refractivity contribution is 5.85. The van der Waals surface area contributed by atoms with E-state index in [0.717, 1.165) is 11.1 Å². The summed E-state index contributed by atoms with van der Waals surface area (Å²) in [6.07, 6.45) is -2.79. The number of carbonyl (C=O) groups is 1. The van der Waals surface area contributed by atoms with E-state index in [9.17, 15) is 15.0 Å². The Morgan fingerprint density at radius 2 is 1.57 bits per heavy atom. The normalized spacial score (nSPS) is 26.5. The molecule has 0 spiro atoms. The zero-order valence-corrected chi connectivity index (χ0v) is 17.5. The highest BCUT2D eigenvalue weighted by atomic mass is 16.5. The van der Waals surface area contributed by atoms with Crippen LogP contribution in [0.4, 0.5) is 0 Å². The number of benzene rings is 2. The molecule has 1 saturated carbocycles. The third kappa shape index (κ3) is 5.67. The van der Waals surface area contributed by atoms with Crippen LogP contribution >= 0.6 is 0 Å². The van der Waals surface area contributed by atoms with E-state index < -0.39 is 23.9 Å².